The number of hydrogen-bond donors (Lipinski definition) is 1. The molecule has 0 saturated carbocycles. The van der Waals surface area contributed by atoms with E-state index in [1.54, 1.807) is 7.11 Å². The first-order valence-electron chi connectivity index (χ1n) is 7.93. The maximum absolute atomic E-state index is 5.65. The average molecular weight is 288 g/mol. The summed E-state index contributed by atoms with van der Waals surface area (Å²) in [4.78, 5) is 2.57. The SMILES string of the molecule is CCC1CN(CCOCCOCCOC)C(CC)CN1. The lowest BCUT2D eigenvalue weighted by atomic mass is 10.1. The fourth-order valence-corrected chi connectivity index (χ4v) is 2.52. The molecule has 0 amide bonds. The van der Waals surface area contributed by atoms with Crippen LogP contribution in [0.2, 0.25) is 0 Å². The number of nitrogens with one attached hydrogen (secondary N) is 1. The maximum atomic E-state index is 5.65. The van der Waals surface area contributed by atoms with Crippen LogP contribution in [0.5, 0.6) is 0 Å². The molecule has 1 heterocycles. The van der Waals surface area contributed by atoms with Crippen molar-refractivity contribution in [2.24, 2.45) is 0 Å². The van der Waals surface area contributed by atoms with Crippen molar-refractivity contribution in [3.05, 3.63) is 0 Å². The van der Waals surface area contributed by atoms with Gasteiger partial charge in [0.05, 0.1) is 33.0 Å². The summed E-state index contributed by atoms with van der Waals surface area (Å²) in [7, 11) is 1.68. The number of rotatable bonds is 11. The first-order chi connectivity index (χ1) is 9.81. The highest BCUT2D eigenvalue weighted by molar-refractivity contribution is 4.84. The molecule has 2 atom stereocenters. The molecule has 1 aliphatic heterocycles. The highest BCUT2D eigenvalue weighted by Crippen LogP contribution is 2.11. The van der Waals surface area contributed by atoms with Crippen LogP contribution in [0.3, 0.4) is 0 Å². The van der Waals surface area contributed by atoms with Crippen LogP contribution in [-0.4, -0.2) is 76.8 Å². The third-order valence-corrected chi connectivity index (χ3v) is 3.90. The van der Waals surface area contributed by atoms with Gasteiger partial charge < -0.3 is 19.5 Å². The van der Waals surface area contributed by atoms with E-state index >= 15 is 0 Å². The van der Waals surface area contributed by atoms with E-state index in [2.05, 4.69) is 24.1 Å². The Labute approximate surface area is 123 Å². The summed E-state index contributed by atoms with van der Waals surface area (Å²) in [6, 6.07) is 1.29. The Morgan fingerprint density at radius 2 is 1.70 bits per heavy atom. The van der Waals surface area contributed by atoms with Crippen molar-refractivity contribution in [3.63, 3.8) is 0 Å². The summed E-state index contributed by atoms with van der Waals surface area (Å²) in [5, 5.41) is 3.62. The van der Waals surface area contributed by atoms with E-state index in [0.717, 1.165) is 26.2 Å². The molecule has 5 nitrogen and oxygen atoms in total. The van der Waals surface area contributed by atoms with Gasteiger partial charge in [-0.05, 0) is 12.8 Å². The minimum Gasteiger partial charge on any atom is -0.382 e. The lowest BCUT2D eigenvalue weighted by Gasteiger charge is -2.39. The minimum atomic E-state index is 0.634. The van der Waals surface area contributed by atoms with E-state index in [4.69, 9.17) is 14.2 Å². The minimum absolute atomic E-state index is 0.634. The number of piperazine rings is 1. The maximum Gasteiger partial charge on any atom is 0.0701 e. The zero-order valence-electron chi connectivity index (χ0n) is 13.4. The molecule has 0 aliphatic carbocycles. The highest BCUT2D eigenvalue weighted by Gasteiger charge is 2.25. The van der Waals surface area contributed by atoms with E-state index in [9.17, 15) is 0 Å². The number of ether oxygens (including phenoxy) is 3. The van der Waals surface area contributed by atoms with Gasteiger partial charge in [-0.1, -0.05) is 13.8 Å². The number of nitrogens with zero attached hydrogens (tertiary/aromatic N) is 1. The largest absolute Gasteiger partial charge is 0.382 e. The van der Waals surface area contributed by atoms with Crippen LogP contribution in [0.15, 0.2) is 0 Å². The summed E-state index contributed by atoms with van der Waals surface area (Å²) in [5.41, 5.74) is 0. The normalized spacial score (nSPS) is 24.1. The van der Waals surface area contributed by atoms with Gasteiger partial charge in [-0.3, -0.25) is 4.90 Å². The van der Waals surface area contributed by atoms with Gasteiger partial charge in [0.25, 0.3) is 0 Å². The van der Waals surface area contributed by atoms with E-state index in [-0.39, 0.29) is 0 Å². The van der Waals surface area contributed by atoms with E-state index in [1.165, 1.54) is 12.8 Å². The molecule has 1 N–H and O–H groups in total. The molecule has 1 aliphatic rings. The summed E-state index contributed by atoms with van der Waals surface area (Å²) in [5.74, 6) is 0. The lowest BCUT2D eigenvalue weighted by molar-refractivity contribution is 0.0122. The lowest BCUT2D eigenvalue weighted by Crippen LogP contribution is -2.56. The Bertz CT molecular complexity index is 229. The molecule has 120 valence electrons. The first kappa shape index (κ1) is 17.9. The van der Waals surface area contributed by atoms with Crippen LogP contribution >= 0.6 is 0 Å². The van der Waals surface area contributed by atoms with Gasteiger partial charge in [0.1, 0.15) is 0 Å². The predicted molar refractivity (Wildman–Crippen MR) is 81.2 cm³/mol. The van der Waals surface area contributed by atoms with Gasteiger partial charge in [-0.2, -0.15) is 0 Å². The van der Waals surface area contributed by atoms with Crippen molar-refractivity contribution in [1.29, 1.82) is 0 Å². The van der Waals surface area contributed by atoms with Gasteiger partial charge in [-0.15, -0.1) is 0 Å². The van der Waals surface area contributed by atoms with Crippen molar-refractivity contribution in [2.45, 2.75) is 38.8 Å². The Morgan fingerprint density at radius 3 is 2.35 bits per heavy atom. The molecule has 1 fully saturated rings. The van der Waals surface area contributed by atoms with Gasteiger partial charge in [0.2, 0.25) is 0 Å². The van der Waals surface area contributed by atoms with Gasteiger partial charge in [-0.25, -0.2) is 0 Å². The fraction of sp³-hybridized carbons (Fsp3) is 1.00. The fourth-order valence-electron chi connectivity index (χ4n) is 2.52. The Morgan fingerprint density at radius 1 is 1.00 bits per heavy atom. The van der Waals surface area contributed by atoms with Gasteiger partial charge >= 0.3 is 0 Å². The smallest absolute Gasteiger partial charge is 0.0701 e. The van der Waals surface area contributed by atoms with Crippen LogP contribution in [0.4, 0.5) is 0 Å². The van der Waals surface area contributed by atoms with Crippen LogP contribution in [0.1, 0.15) is 26.7 Å². The van der Waals surface area contributed by atoms with Crippen molar-refractivity contribution < 1.29 is 14.2 Å². The van der Waals surface area contributed by atoms with Crippen LogP contribution in [0.25, 0.3) is 0 Å². The quantitative estimate of drug-likeness (QED) is 0.577. The number of methoxy groups -OCH3 is 1. The van der Waals surface area contributed by atoms with Crippen molar-refractivity contribution in [3.8, 4) is 0 Å². The van der Waals surface area contributed by atoms with Crippen molar-refractivity contribution >= 4 is 0 Å². The molecule has 1 rings (SSSR count). The molecule has 2 unspecified atom stereocenters. The molecule has 20 heavy (non-hydrogen) atoms. The molecule has 0 aromatic carbocycles. The molecule has 0 aromatic rings. The van der Waals surface area contributed by atoms with Crippen molar-refractivity contribution in [1.82, 2.24) is 10.2 Å². The van der Waals surface area contributed by atoms with Crippen molar-refractivity contribution in [2.75, 3.05) is 59.8 Å². The highest BCUT2D eigenvalue weighted by atomic mass is 16.5. The average Bonchev–Trinajstić information content (AvgIpc) is 2.49. The Hall–Kier alpha value is -0.200. The first-order valence-corrected chi connectivity index (χ1v) is 7.93. The van der Waals surface area contributed by atoms with Crippen LogP contribution in [0, 0.1) is 0 Å². The number of hydrogen-bond acceptors (Lipinski definition) is 5. The Kier molecular flexibility index (Phi) is 10.2. The topological polar surface area (TPSA) is 43.0 Å². The molecular formula is C15H32N2O3. The van der Waals surface area contributed by atoms with Gasteiger partial charge in [0, 0.05) is 38.8 Å². The second-order valence-corrected chi connectivity index (χ2v) is 5.29. The van der Waals surface area contributed by atoms with Crippen LogP contribution in [-0.2, 0) is 14.2 Å². The summed E-state index contributed by atoms with van der Waals surface area (Å²) >= 11 is 0. The van der Waals surface area contributed by atoms with E-state index < -0.39 is 0 Å². The zero-order valence-corrected chi connectivity index (χ0v) is 13.4. The zero-order chi connectivity index (χ0) is 14.6. The monoisotopic (exact) mass is 288 g/mol. The second-order valence-electron chi connectivity index (χ2n) is 5.29. The molecule has 0 spiro atoms. The predicted octanol–water partition coefficient (Wildman–Crippen LogP) is 1.13. The molecule has 0 aromatic heterocycles. The van der Waals surface area contributed by atoms with E-state index in [1.807, 2.05) is 0 Å². The third-order valence-electron chi connectivity index (χ3n) is 3.90. The molecule has 0 radical (unpaired) electrons. The van der Waals surface area contributed by atoms with E-state index in [0.29, 0.717) is 38.5 Å². The summed E-state index contributed by atoms with van der Waals surface area (Å²) in [6.07, 6.45) is 2.39. The standard InChI is InChI=1S/C15H32N2O3/c1-4-14-13-17(15(5-2)12-16-14)6-7-19-10-11-20-9-8-18-3/h14-16H,4-13H2,1-3H3. The molecule has 5 heteroatoms. The molecule has 1 saturated heterocycles. The molecule has 0 bridgehead atoms. The Balaban J connectivity index is 2.06. The van der Waals surface area contributed by atoms with Crippen LogP contribution < -0.4 is 5.32 Å². The summed E-state index contributed by atoms with van der Waals surface area (Å²) in [6.45, 7) is 11.2. The van der Waals surface area contributed by atoms with Gasteiger partial charge in [0.15, 0.2) is 0 Å². The third kappa shape index (κ3) is 6.99. The second kappa shape index (κ2) is 11.5. The molecular weight excluding hydrogens is 256 g/mol. The summed E-state index contributed by atoms with van der Waals surface area (Å²) < 4.78 is 15.9.